The number of halogens is 3. The maximum Gasteiger partial charge on any atom is 0.441 e. The van der Waals surface area contributed by atoms with Crippen LogP contribution in [0.2, 0.25) is 0 Å². The molecule has 2 unspecified atom stereocenters. The molecule has 1 aliphatic rings. The Bertz CT molecular complexity index is 243. The highest BCUT2D eigenvalue weighted by atomic mass is 32.2. The lowest BCUT2D eigenvalue weighted by Gasteiger charge is -2.28. The van der Waals surface area contributed by atoms with Crippen LogP contribution in [0.3, 0.4) is 0 Å². The summed E-state index contributed by atoms with van der Waals surface area (Å²) in [4.78, 5) is 10.9. The maximum absolute atomic E-state index is 11.9. The van der Waals surface area contributed by atoms with Gasteiger partial charge in [0.05, 0.1) is 5.92 Å². The van der Waals surface area contributed by atoms with Crippen LogP contribution in [0.1, 0.15) is 32.1 Å². The molecule has 0 aliphatic heterocycles. The highest BCUT2D eigenvalue weighted by Gasteiger charge is 2.32. The summed E-state index contributed by atoms with van der Waals surface area (Å²) in [5.41, 5.74) is -4.20. The second-order valence-corrected chi connectivity index (χ2v) is 5.23. The summed E-state index contributed by atoms with van der Waals surface area (Å²) in [7, 11) is 0. The van der Waals surface area contributed by atoms with Gasteiger partial charge in [-0.1, -0.05) is 24.6 Å². The van der Waals surface area contributed by atoms with Crippen LogP contribution in [-0.2, 0) is 4.79 Å². The lowest BCUT2D eigenvalue weighted by Crippen LogP contribution is -2.27. The summed E-state index contributed by atoms with van der Waals surface area (Å²) in [6.07, 6.45) is 3.51. The number of aliphatic carboxylic acids is 1. The van der Waals surface area contributed by atoms with Gasteiger partial charge in [-0.2, -0.15) is 13.2 Å². The van der Waals surface area contributed by atoms with Crippen molar-refractivity contribution in [1.29, 1.82) is 0 Å². The molecule has 1 saturated carbocycles. The van der Waals surface area contributed by atoms with Gasteiger partial charge in [-0.15, -0.1) is 0 Å². The third-order valence-electron chi connectivity index (χ3n) is 2.98. The summed E-state index contributed by atoms with van der Waals surface area (Å²) in [5.74, 6) is -1.41. The lowest BCUT2D eigenvalue weighted by atomic mass is 9.78. The van der Waals surface area contributed by atoms with Crippen molar-refractivity contribution in [2.45, 2.75) is 37.6 Å². The van der Waals surface area contributed by atoms with E-state index < -0.39 is 17.4 Å². The van der Waals surface area contributed by atoms with E-state index in [1.807, 2.05) is 0 Å². The molecule has 0 spiro atoms. The average molecular weight is 256 g/mol. The Morgan fingerprint density at radius 2 is 1.94 bits per heavy atom. The number of hydrogen-bond acceptors (Lipinski definition) is 2. The number of carbonyl (C=O) groups is 1. The van der Waals surface area contributed by atoms with Gasteiger partial charge in [0.1, 0.15) is 0 Å². The van der Waals surface area contributed by atoms with E-state index in [0.717, 1.165) is 19.3 Å². The summed E-state index contributed by atoms with van der Waals surface area (Å²) in [5, 5.41) is 8.94. The van der Waals surface area contributed by atoms with Crippen molar-refractivity contribution in [2.75, 3.05) is 5.75 Å². The van der Waals surface area contributed by atoms with E-state index in [1.54, 1.807) is 0 Å². The molecule has 2 atom stereocenters. The molecule has 0 aromatic rings. The first kappa shape index (κ1) is 13.7. The van der Waals surface area contributed by atoms with Crippen LogP contribution in [0.15, 0.2) is 0 Å². The van der Waals surface area contributed by atoms with Gasteiger partial charge in [-0.3, -0.25) is 4.79 Å². The molecule has 94 valence electrons. The Morgan fingerprint density at radius 3 is 2.50 bits per heavy atom. The maximum atomic E-state index is 11.9. The molecule has 0 saturated heterocycles. The van der Waals surface area contributed by atoms with Gasteiger partial charge in [-0.05, 0) is 25.2 Å². The zero-order valence-electron chi connectivity index (χ0n) is 8.79. The zero-order chi connectivity index (χ0) is 12.2. The molecule has 16 heavy (non-hydrogen) atoms. The van der Waals surface area contributed by atoms with Crippen molar-refractivity contribution in [1.82, 2.24) is 0 Å². The van der Waals surface area contributed by atoms with Crippen molar-refractivity contribution >= 4 is 17.7 Å². The van der Waals surface area contributed by atoms with E-state index >= 15 is 0 Å². The minimum atomic E-state index is -4.20. The van der Waals surface area contributed by atoms with Crippen LogP contribution in [0.25, 0.3) is 0 Å². The van der Waals surface area contributed by atoms with Crippen molar-refractivity contribution < 1.29 is 23.1 Å². The lowest BCUT2D eigenvalue weighted by molar-refractivity contribution is -0.144. The molecule has 0 bridgehead atoms. The van der Waals surface area contributed by atoms with Crippen LogP contribution in [0, 0.1) is 11.8 Å². The van der Waals surface area contributed by atoms with Gasteiger partial charge >= 0.3 is 11.5 Å². The predicted molar refractivity (Wildman–Crippen MR) is 56.2 cm³/mol. The van der Waals surface area contributed by atoms with Gasteiger partial charge in [-0.25, -0.2) is 0 Å². The number of carboxylic acid groups (broad SMARTS) is 1. The SMILES string of the molecule is O=C(O)C1CCCCC1CCSC(F)(F)F. The van der Waals surface area contributed by atoms with Gasteiger partial charge in [0, 0.05) is 5.75 Å². The number of rotatable bonds is 4. The van der Waals surface area contributed by atoms with Gasteiger partial charge in [0.25, 0.3) is 0 Å². The van der Waals surface area contributed by atoms with E-state index in [1.165, 1.54) is 0 Å². The van der Waals surface area contributed by atoms with Crippen molar-refractivity contribution in [3.8, 4) is 0 Å². The Morgan fingerprint density at radius 1 is 1.31 bits per heavy atom. The molecule has 6 heteroatoms. The van der Waals surface area contributed by atoms with Crippen LogP contribution in [0.4, 0.5) is 13.2 Å². The van der Waals surface area contributed by atoms with E-state index in [0.29, 0.717) is 12.8 Å². The number of thioether (sulfide) groups is 1. The molecule has 0 aromatic heterocycles. The van der Waals surface area contributed by atoms with Gasteiger partial charge < -0.3 is 5.11 Å². The monoisotopic (exact) mass is 256 g/mol. The smallest absolute Gasteiger partial charge is 0.441 e. The standard InChI is InChI=1S/C10H15F3O2S/c11-10(12,13)16-6-5-7-3-1-2-4-8(7)9(14)15/h7-8H,1-6H2,(H,14,15). The molecule has 0 heterocycles. The summed E-state index contributed by atoms with van der Waals surface area (Å²) < 4.78 is 35.7. The fraction of sp³-hybridized carbons (Fsp3) is 0.900. The molecule has 1 aliphatic carbocycles. The fourth-order valence-corrected chi connectivity index (χ4v) is 2.86. The van der Waals surface area contributed by atoms with E-state index in [9.17, 15) is 18.0 Å². The van der Waals surface area contributed by atoms with Crippen LogP contribution >= 0.6 is 11.8 Å². The Kier molecular flexibility index (Phi) is 4.95. The first-order valence-corrected chi connectivity index (χ1v) is 6.32. The molecule has 1 N–H and O–H groups in total. The van der Waals surface area contributed by atoms with Crippen molar-refractivity contribution in [2.24, 2.45) is 11.8 Å². The zero-order valence-corrected chi connectivity index (χ0v) is 9.61. The normalized spacial score (nSPS) is 26.7. The molecule has 0 amide bonds. The van der Waals surface area contributed by atoms with Crippen LogP contribution < -0.4 is 0 Å². The van der Waals surface area contributed by atoms with Gasteiger partial charge in [0.15, 0.2) is 0 Å². The summed E-state index contributed by atoms with van der Waals surface area (Å²) >= 11 is -0.0520. The van der Waals surface area contributed by atoms with Crippen LogP contribution in [0.5, 0.6) is 0 Å². The van der Waals surface area contributed by atoms with E-state index in [2.05, 4.69) is 0 Å². The molecular formula is C10H15F3O2S. The first-order chi connectivity index (χ1) is 7.40. The second kappa shape index (κ2) is 5.80. The number of alkyl halides is 3. The largest absolute Gasteiger partial charge is 0.481 e. The summed E-state index contributed by atoms with van der Waals surface area (Å²) in [6, 6.07) is 0. The minimum Gasteiger partial charge on any atom is -0.481 e. The topological polar surface area (TPSA) is 37.3 Å². The number of hydrogen-bond donors (Lipinski definition) is 1. The Hall–Kier alpha value is -0.390. The minimum absolute atomic E-state index is 0.0298. The third kappa shape index (κ3) is 4.63. The molecular weight excluding hydrogens is 241 g/mol. The summed E-state index contributed by atoms with van der Waals surface area (Å²) in [6.45, 7) is 0. The number of carboxylic acids is 1. The second-order valence-electron chi connectivity index (χ2n) is 4.07. The molecule has 2 nitrogen and oxygen atoms in total. The van der Waals surface area contributed by atoms with Crippen molar-refractivity contribution in [3.63, 3.8) is 0 Å². The molecule has 0 radical (unpaired) electrons. The Balaban J connectivity index is 2.36. The fourth-order valence-electron chi connectivity index (χ4n) is 2.20. The van der Waals surface area contributed by atoms with Gasteiger partial charge in [0.2, 0.25) is 0 Å². The molecule has 0 aromatic carbocycles. The predicted octanol–water partition coefficient (Wildman–Crippen LogP) is 3.52. The third-order valence-corrected chi connectivity index (χ3v) is 3.75. The quantitative estimate of drug-likeness (QED) is 0.836. The highest BCUT2D eigenvalue weighted by Crippen LogP contribution is 2.36. The molecule has 1 fully saturated rings. The highest BCUT2D eigenvalue weighted by molar-refractivity contribution is 8.00. The van der Waals surface area contributed by atoms with E-state index in [4.69, 9.17) is 5.11 Å². The first-order valence-electron chi connectivity index (χ1n) is 5.33. The van der Waals surface area contributed by atoms with Crippen molar-refractivity contribution in [3.05, 3.63) is 0 Å². The van der Waals surface area contributed by atoms with E-state index in [-0.39, 0.29) is 23.4 Å². The van der Waals surface area contributed by atoms with Crippen LogP contribution in [-0.4, -0.2) is 22.3 Å². The molecule has 1 rings (SSSR count). The Labute approximate surface area is 96.6 Å². The average Bonchev–Trinajstić information content (AvgIpc) is 2.16.